The highest BCUT2D eigenvalue weighted by Crippen LogP contribution is 2.16. The summed E-state index contributed by atoms with van der Waals surface area (Å²) in [5, 5.41) is 0. The average Bonchev–Trinajstić information content (AvgIpc) is 3.46. The number of carbonyl (C=O) groups is 3. The molecule has 0 N–H and O–H groups in total. The zero-order chi connectivity index (χ0) is 57.8. The van der Waals surface area contributed by atoms with Crippen LogP contribution in [-0.2, 0) is 28.6 Å². The van der Waals surface area contributed by atoms with E-state index in [4.69, 9.17) is 14.2 Å². The highest BCUT2D eigenvalue weighted by molar-refractivity contribution is 5.71. The maximum Gasteiger partial charge on any atom is 0.306 e. The first-order valence-corrected chi connectivity index (χ1v) is 32.8. The van der Waals surface area contributed by atoms with Crippen LogP contribution < -0.4 is 0 Å². The molecule has 0 amide bonds. The number of hydrogen-bond acceptors (Lipinski definition) is 6. The normalized spacial score (nSPS) is 13.1. The molecule has 0 heterocycles. The maximum atomic E-state index is 12.9. The van der Waals surface area contributed by atoms with Gasteiger partial charge in [-0.05, 0) is 122 Å². The van der Waals surface area contributed by atoms with Crippen LogP contribution in [0, 0.1) is 0 Å². The van der Waals surface area contributed by atoms with Crippen LogP contribution in [0.1, 0.15) is 284 Å². The molecule has 0 aromatic rings. The third kappa shape index (κ3) is 64.1. The molecule has 0 aliphatic heterocycles. The summed E-state index contributed by atoms with van der Waals surface area (Å²) in [6, 6.07) is 0. The van der Waals surface area contributed by atoms with Gasteiger partial charge in [-0.2, -0.15) is 0 Å². The van der Waals surface area contributed by atoms with Crippen molar-refractivity contribution in [3.05, 3.63) is 146 Å². The topological polar surface area (TPSA) is 78.9 Å². The van der Waals surface area contributed by atoms with Crippen molar-refractivity contribution in [1.29, 1.82) is 0 Å². The number of esters is 3. The largest absolute Gasteiger partial charge is 0.462 e. The lowest BCUT2D eigenvalue weighted by atomic mass is 10.0. The summed E-state index contributed by atoms with van der Waals surface area (Å²) in [5.41, 5.74) is 0. The first-order chi connectivity index (χ1) is 39.5. The summed E-state index contributed by atoms with van der Waals surface area (Å²) in [4.78, 5) is 38.2. The molecule has 6 nitrogen and oxygen atoms in total. The molecule has 452 valence electrons. The van der Waals surface area contributed by atoms with E-state index in [0.29, 0.717) is 25.7 Å². The molecular formula is C74H120O6. The molecule has 0 spiro atoms. The van der Waals surface area contributed by atoms with Gasteiger partial charge in [-0.3, -0.25) is 14.4 Å². The van der Waals surface area contributed by atoms with Gasteiger partial charge in [0.25, 0.3) is 0 Å². The van der Waals surface area contributed by atoms with Crippen molar-refractivity contribution in [3.8, 4) is 0 Å². The Morgan fingerprint density at radius 1 is 0.263 bits per heavy atom. The molecule has 0 aliphatic carbocycles. The molecule has 0 saturated heterocycles. The van der Waals surface area contributed by atoms with Crippen LogP contribution in [0.2, 0.25) is 0 Å². The zero-order valence-electron chi connectivity index (χ0n) is 51.8. The molecule has 80 heavy (non-hydrogen) atoms. The van der Waals surface area contributed by atoms with Gasteiger partial charge in [-0.25, -0.2) is 0 Å². The quantitative estimate of drug-likeness (QED) is 0.0261. The smallest absolute Gasteiger partial charge is 0.306 e. The van der Waals surface area contributed by atoms with Crippen LogP contribution >= 0.6 is 0 Å². The lowest BCUT2D eigenvalue weighted by Crippen LogP contribution is -2.30. The Labute approximate surface area is 493 Å². The molecule has 0 rings (SSSR count). The number of carbonyl (C=O) groups excluding carboxylic acids is 3. The summed E-state index contributed by atoms with van der Waals surface area (Å²) >= 11 is 0. The standard InChI is InChI=1S/C74H120O6/c1-4-7-10-13-16-19-21-23-25-27-29-31-33-35-37-39-41-43-45-47-49-51-53-55-58-61-64-67-73(76)79-70-71(69-78-72(75)66-63-60-57-18-15-12-9-6-3)80-74(77)68-65-62-59-56-54-52-50-48-46-44-42-40-38-36-34-32-30-28-26-24-22-20-17-14-11-8-5-2/h7-8,10-11,16-17,19-20,23-26,29-32,35,37,41,43,47,49,53,55,71H,4-6,9,12-15,18,21-22,27-28,33-34,36,38-40,42,44-46,48,50-52,54,56-70H2,1-3H3/b10-7-,11-8-,19-16-,20-17-,25-23-,26-24-,31-29-,32-30-,37-35-,43-41-,49-47-,55-53-. The fraction of sp³-hybridized carbons (Fsp3) is 0.635. The molecule has 1 unspecified atom stereocenters. The SMILES string of the molecule is CC/C=C\C/C=C\C/C=C\C/C=C\C/C=C\C/C=C\C/C=C\C/C=C\CCCCC(=O)OCC(COC(=O)CCCCCCCCCC)OC(=O)CCCCCCCCCCCCCCCC/C=C\C/C=C\C/C=C\C/C=C\CC. The van der Waals surface area contributed by atoms with E-state index >= 15 is 0 Å². The van der Waals surface area contributed by atoms with Gasteiger partial charge in [-0.1, -0.05) is 289 Å². The minimum Gasteiger partial charge on any atom is -0.462 e. The molecule has 0 aromatic heterocycles. The summed E-state index contributed by atoms with van der Waals surface area (Å²) in [5.74, 6) is -0.944. The second kappa shape index (κ2) is 66.8. The summed E-state index contributed by atoms with van der Waals surface area (Å²) in [6.07, 6.45) is 95.9. The lowest BCUT2D eigenvalue weighted by molar-refractivity contribution is -0.167. The molecule has 0 aromatic carbocycles. The van der Waals surface area contributed by atoms with E-state index in [1.807, 2.05) is 0 Å². The van der Waals surface area contributed by atoms with Crippen LogP contribution in [0.3, 0.4) is 0 Å². The molecule has 0 fully saturated rings. The predicted octanol–water partition coefficient (Wildman–Crippen LogP) is 22.7. The predicted molar refractivity (Wildman–Crippen MR) is 348 cm³/mol. The molecular weight excluding hydrogens is 985 g/mol. The Morgan fingerprint density at radius 3 is 0.787 bits per heavy atom. The van der Waals surface area contributed by atoms with Gasteiger partial charge in [0, 0.05) is 19.3 Å². The number of rotatable bonds is 58. The fourth-order valence-electron chi connectivity index (χ4n) is 8.74. The van der Waals surface area contributed by atoms with Crippen LogP contribution in [0.5, 0.6) is 0 Å². The molecule has 0 radical (unpaired) electrons. The minimum atomic E-state index is -0.800. The van der Waals surface area contributed by atoms with Crippen molar-refractivity contribution in [1.82, 2.24) is 0 Å². The third-order valence-electron chi connectivity index (χ3n) is 13.6. The van der Waals surface area contributed by atoms with E-state index in [9.17, 15) is 14.4 Å². The van der Waals surface area contributed by atoms with Crippen LogP contribution in [0.25, 0.3) is 0 Å². The van der Waals surface area contributed by atoms with Gasteiger partial charge in [-0.15, -0.1) is 0 Å². The summed E-state index contributed by atoms with van der Waals surface area (Å²) in [7, 11) is 0. The van der Waals surface area contributed by atoms with Gasteiger partial charge in [0.05, 0.1) is 0 Å². The van der Waals surface area contributed by atoms with Gasteiger partial charge in [0.1, 0.15) is 13.2 Å². The lowest BCUT2D eigenvalue weighted by Gasteiger charge is -2.18. The van der Waals surface area contributed by atoms with Gasteiger partial charge in [0.2, 0.25) is 0 Å². The Kier molecular flexibility index (Phi) is 62.9. The molecule has 0 saturated carbocycles. The number of hydrogen-bond donors (Lipinski definition) is 0. The fourth-order valence-corrected chi connectivity index (χ4v) is 8.74. The van der Waals surface area contributed by atoms with Crippen molar-refractivity contribution in [3.63, 3.8) is 0 Å². The minimum absolute atomic E-state index is 0.0945. The monoisotopic (exact) mass is 1100 g/mol. The third-order valence-corrected chi connectivity index (χ3v) is 13.6. The first-order valence-electron chi connectivity index (χ1n) is 32.8. The van der Waals surface area contributed by atoms with Crippen LogP contribution in [-0.4, -0.2) is 37.2 Å². The van der Waals surface area contributed by atoms with Crippen LogP contribution in [0.4, 0.5) is 0 Å². The Balaban J connectivity index is 4.27. The molecule has 0 aliphatic rings. The second-order valence-corrected chi connectivity index (χ2v) is 21.3. The highest BCUT2D eigenvalue weighted by Gasteiger charge is 2.19. The zero-order valence-corrected chi connectivity index (χ0v) is 51.8. The summed E-state index contributed by atoms with van der Waals surface area (Å²) in [6.45, 7) is 6.35. The van der Waals surface area contributed by atoms with E-state index in [1.165, 1.54) is 109 Å². The van der Waals surface area contributed by atoms with E-state index in [1.54, 1.807) is 0 Å². The van der Waals surface area contributed by atoms with Crippen molar-refractivity contribution in [2.45, 2.75) is 290 Å². The molecule has 6 heteroatoms. The van der Waals surface area contributed by atoms with Gasteiger partial charge < -0.3 is 14.2 Å². The Morgan fingerprint density at radius 2 is 0.487 bits per heavy atom. The van der Waals surface area contributed by atoms with Crippen molar-refractivity contribution >= 4 is 17.9 Å². The number of allylic oxidation sites excluding steroid dienone is 24. The number of unbranched alkanes of at least 4 members (excludes halogenated alkanes) is 23. The van der Waals surface area contributed by atoms with Gasteiger partial charge >= 0.3 is 17.9 Å². The average molecular weight is 1110 g/mol. The maximum absolute atomic E-state index is 12.9. The number of ether oxygens (including phenoxy) is 3. The Bertz CT molecular complexity index is 1750. The first kappa shape index (κ1) is 75.3. The van der Waals surface area contributed by atoms with Crippen molar-refractivity contribution in [2.24, 2.45) is 0 Å². The Hall–Kier alpha value is -4.71. The second-order valence-electron chi connectivity index (χ2n) is 21.3. The van der Waals surface area contributed by atoms with Crippen molar-refractivity contribution < 1.29 is 28.6 Å². The van der Waals surface area contributed by atoms with E-state index in [0.717, 1.165) is 128 Å². The van der Waals surface area contributed by atoms with Crippen molar-refractivity contribution in [2.75, 3.05) is 13.2 Å². The summed E-state index contributed by atoms with van der Waals surface area (Å²) < 4.78 is 16.8. The van der Waals surface area contributed by atoms with Gasteiger partial charge in [0.15, 0.2) is 6.10 Å². The van der Waals surface area contributed by atoms with E-state index < -0.39 is 6.10 Å². The van der Waals surface area contributed by atoms with E-state index in [2.05, 4.69) is 167 Å². The molecule has 0 bridgehead atoms. The highest BCUT2D eigenvalue weighted by atomic mass is 16.6. The molecule has 1 atom stereocenters. The van der Waals surface area contributed by atoms with E-state index in [-0.39, 0.29) is 31.1 Å². The van der Waals surface area contributed by atoms with Crippen LogP contribution in [0.15, 0.2) is 146 Å².